The molecule has 73 heavy (non-hydrogen) atoms. The summed E-state index contributed by atoms with van der Waals surface area (Å²) in [5.41, 5.74) is 11.7. The van der Waals surface area contributed by atoms with Gasteiger partial charge in [-0.25, -0.2) is 0 Å². The van der Waals surface area contributed by atoms with Crippen molar-refractivity contribution >= 4 is 15.9 Å². The topological polar surface area (TPSA) is 40.5 Å². The summed E-state index contributed by atoms with van der Waals surface area (Å²) < 4.78 is 0. The van der Waals surface area contributed by atoms with E-state index in [9.17, 15) is 10.2 Å². The number of hydrogen-bond donors (Lipinski definition) is 2. The van der Waals surface area contributed by atoms with Gasteiger partial charge in [0.25, 0.3) is 0 Å². The first kappa shape index (κ1) is 51.3. The monoisotopic (exact) mass is 1030 g/mol. The average Bonchev–Trinajstić information content (AvgIpc) is 3.70. The quantitative estimate of drug-likeness (QED) is 0.0946. The molecule has 0 bridgehead atoms. The number of aromatic hydroxyl groups is 2. The van der Waals surface area contributed by atoms with Crippen molar-refractivity contribution in [2.24, 2.45) is 0 Å². The number of benzene rings is 8. The van der Waals surface area contributed by atoms with Crippen LogP contribution in [0.3, 0.4) is 0 Å². The van der Waals surface area contributed by atoms with E-state index in [-0.39, 0.29) is 26.8 Å². The van der Waals surface area contributed by atoms with Gasteiger partial charge >= 0.3 is 450 Å². The summed E-state index contributed by atoms with van der Waals surface area (Å²) in [6.07, 6.45) is 7.66. The van der Waals surface area contributed by atoms with Gasteiger partial charge in [0.2, 0.25) is 0 Å². The Morgan fingerprint density at radius 3 is 0.877 bits per heavy atom. The zero-order valence-electron chi connectivity index (χ0n) is 43.7. The number of fused-ring (bicyclic) bond motifs is 1. The summed E-state index contributed by atoms with van der Waals surface area (Å²) in [5, 5.41) is 28.0. The molecule has 2 nitrogen and oxygen atoms in total. The standard InChI is InChI=1S/C68H72O2S2.Ti/c1-65(2,3)57-43-49(63(69)59(45-57)67(51-29-15-9-16-30-51,52-31-17-10-18-32-52)53-33-19-11-20-34-53)47-71-61-41-27-7-8-28-42-62(61)72-48-50-44-58(66(4,5)6)46-60(64(50)70)68(54-35-21-12-22-36-54,55-37-23-13-24-38-55)56-39-25-14-26-40-56;/h9-26,29-40,43-46,61-62,69-70H,7-8,27-28,41-42,47-48H2,1-6H3;/t61-,62?;/m0./s1. The predicted molar refractivity (Wildman–Crippen MR) is 308 cm³/mol. The van der Waals surface area contributed by atoms with Gasteiger partial charge in [0, 0.05) is 0 Å². The molecular weight excluding hydrogens is 961 g/mol. The Bertz CT molecular complexity index is 2830. The third-order valence-corrected chi connectivity index (χ3v) is 31.8. The van der Waals surface area contributed by atoms with Crippen molar-refractivity contribution < 1.29 is 25.7 Å². The van der Waals surface area contributed by atoms with Crippen molar-refractivity contribution in [2.45, 2.75) is 124 Å². The van der Waals surface area contributed by atoms with Gasteiger partial charge in [0.1, 0.15) is 0 Å². The Labute approximate surface area is 446 Å². The summed E-state index contributed by atoms with van der Waals surface area (Å²) in [4.78, 5) is 0. The summed E-state index contributed by atoms with van der Waals surface area (Å²) in [6.45, 7) is 13.9. The molecule has 2 aliphatic rings. The van der Waals surface area contributed by atoms with Gasteiger partial charge in [-0.1, -0.05) is 0 Å². The Kier molecular flexibility index (Phi) is 15.1. The fourth-order valence-corrected chi connectivity index (χ4v) is 32.9. The molecule has 0 amide bonds. The molecule has 5 heteroatoms. The second-order valence-corrected chi connectivity index (χ2v) is 34.0. The molecule has 1 fully saturated rings. The molecule has 2 N–H and O–H groups in total. The number of phenols is 2. The third kappa shape index (κ3) is 9.95. The molecule has 8 aromatic rings. The summed E-state index contributed by atoms with van der Waals surface area (Å²) in [7, 11) is 0.248. The van der Waals surface area contributed by atoms with Gasteiger partial charge in [0.15, 0.2) is 0 Å². The van der Waals surface area contributed by atoms with Gasteiger partial charge in [-0.05, 0) is 0 Å². The van der Waals surface area contributed by atoms with E-state index < -0.39 is 26.3 Å². The van der Waals surface area contributed by atoms with Crippen LogP contribution in [-0.2, 0) is 48.6 Å². The second kappa shape index (κ2) is 21.6. The van der Waals surface area contributed by atoms with Crippen molar-refractivity contribution in [1.29, 1.82) is 0 Å². The van der Waals surface area contributed by atoms with E-state index >= 15 is 0 Å². The van der Waals surface area contributed by atoms with E-state index in [4.69, 9.17) is 0 Å². The molecule has 0 saturated heterocycles. The minimum absolute atomic E-state index is 0.124. The average molecular weight is 1030 g/mol. The van der Waals surface area contributed by atoms with E-state index in [1.807, 2.05) is 0 Å². The molecule has 0 aromatic heterocycles. The van der Waals surface area contributed by atoms with Crippen LogP contribution in [0.2, 0.25) is 0 Å². The summed E-state index contributed by atoms with van der Waals surface area (Å²) in [5.74, 6) is 2.69. The van der Waals surface area contributed by atoms with Crippen LogP contribution in [0.4, 0.5) is 0 Å². The SMILES string of the molecule is CC(C)(C)c1cc(C[S]2=[Ti]=[S](Cc3cc(C(C)(C)C)cc(C(c4ccccc4)(c4ccccc4)c4ccccc4)c3O)[C@H]3CCCCCCC32)c(O)c(C(c2ccccc2)(c2ccccc2)c2ccccc2)c1. The zero-order valence-corrected chi connectivity index (χ0v) is 46.8. The van der Waals surface area contributed by atoms with Crippen LogP contribution in [0, 0.1) is 0 Å². The first-order valence-corrected chi connectivity index (χ1v) is 33.3. The fraction of sp³-hybridized carbons (Fsp3) is 0.294. The molecule has 1 saturated carbocycles. The van der Waals surface area contributed by atoms with Gasteiger partial charge in [-0.15, -0.1) is 0 Å². The molecule has 0 spiro atoms. The van der Waals surface area contributed by atoms with Gasteiger partial charge in [0.05, 0.1) is 0 Å². The zero-order chi connectivity index (χ0) is 50.8. The molecule has 3 unspecified atom stereocenters. The van der Waals surface area contributed by atoms with Crippen molar-refractivity contribution in [1.82, 2.24) is 0 Å². The van der Waals surface area contributed by atoms with Gasteiger partial charge < -0.3 is 0 Å². The van der Waals surface area contributed by atoms with E-state index in [0.717, 1.165) is 67.1 Å². The van der Waals surface area contributed by atoms with Crippen molar-refractivity contribution in [3.63, 3.8) is 0 Å². The van der Waals surface area contributed by atoms with Gasteiger partial charge in [-0.3, -0.25) is 0 Å². The molecule has 8 aromatic carbocycles. The van der Waals surface area contributed by atoms with E-state index in [2.05, 4.69) is 248 Å². The van der Waals surface area contributed by atoms with Gasteiger partial charge in [-0.2, -0.15) is 0 Å². The maximum absolute atomic E-state index is 13.4. The second-order valence-electron chi connectivity index (χ2n) is 22.6. The predicted octanol–water partition coefficient (Wildman–Crippen LogP) is 17.7. The van der Waals surface area contributed by atoms with Crippen LogP contribution in [-0.4, -0.2) is 20.7 Å². The molecule has 0 radical (unpaired) electrons. The Hall–Kier alpha value is -5.23. The van der Waals surface area contributed by atoms with E-state index in [1.54, 1.807) is 0 Å². The Morgan fingerprint density at radius 1 is 0.370 bits per heavy atom. The van der Waals surface area contributed by atoms with E-state index in [1.165, 1.54) is 49.7 Å². The number of rotatable bonds is 12. The summed E-state index contributed by atoms with van der Waals surface area (Å²) >= 11 is -0.530. The normalized spacial score (nSPS) is 18.4. The maximum atomic E-state index is 13.4. The number of hydrogen-bond acceptors (Lipinski definition) is 2. The molecular formula is C68H72O2S2Ti. The molecule has 1 aliphatic carbocycles. The molecule has 10 rings (SSSR count). The molecule has 1 heterocycles. The Balaban J connectivity index is 1.19. The summed E-state index contributed by atoms with van der Waals surface area (Å²) in [6, 6.07) is 74.7. The van der Waals surface area contributed by atoms with Crippen LogP contribution >= 0.6 is 15.9 Å². The van der Waals surface area contributed by atoms with Crippen molar-refractivity contribution in [2.75, 3.05) is 0 Å². The first-order valence-electron chi connectivity index (χ1n) is 26.5. The van der Waals surface area contributed by atoms with Crippen LogP contribution in [0.5, 0.6) is 11.5 Å². The number of phenolic OH excluding ortho intramolecular Hbond substituents is 2. The van der Waals surface area contributed by atoms with Crippen LogP contribution in [0.1, 0.15) is 147 Å². The van der Waals surface area contributed by atoms with Crippen molar-refractivity contribution in [3.8, 4) is 11.5 Å². The molecule has 1 aliphatic heterocycles. The molecule has 372 valence electrons. The van der Waals surface area contributed by atoms with Crippen LogP contribution < -0.4 is 0 Å². The first-order chi connectivity index (χ1) is 35.3. The third-order valence-electron chi connectivity index (χ3n) is 15.9. The van der Waals surface area contributed by atoms with E-state index in [0.29, 0.717) is 22.0 Å². The van der Waals surface area contributed by atoms with Crippen LogP contribution in [0.25, 0.3) is 0 Å². The van der Waals surface area contributed by atoms with Crippen molar-refractivity contribution in [3.05, 3.63) is 273 Å². The fourth-order valence-electron chi connectivity index (χ4n) is 12.0. The Morgan fingerprint density at radius 2 is 0.630 bits per heavy atom. The minimum atomic E-state index is -0.756. The van der Waals surface area contributed by atoms with Crippen LogP contribution in [0.15, 0.2) is 206 Å². The molecule has 4 atom stereocenters.